The van der Waals surface area contributed by atoms with Gasteiger partial charge in [0.1, 0.15) is 19.0 Å². The summed E-state index contributed by atoms with van der Waals surface area (Å²) in [5.41, 5.74) is -0.776. The molecule has 8 heteroatoms. The van der Waals surface area contributed by atoms with Gasteiger partial charge in [0, 0.05) is 0 Å². The van der Waals surface area contributed by atoms with E-state index in [0.717, 1.165) is 30.5 Å². The highest BCUT2D eigenvalue weighted by Gasteiger charge is 2.29. The molecule has 102 valence electrons. The molecule has 0 aliphatic rings. The van der Waals surface area contributed by atoms with Crippen LogP contribution in [0.3, 0.4) is 0 Å². The van der Waals surface area contributed by atoms with E-state index in [4.69, 9.17) is 4.74 Å². The maximum absolute atomic E-state index is 12.2. The number of alkyl halides is 3. The molecular weight excluding hydrogens is 273 g/mol. The first kappa shape index (κ1) is 14.8. The Kier molecular flexibility index (Phi) is 4.58. The smallest absolute Gasteiger partial charge is 0.416 e. The van der Waals surface area contributed by atoms with Gasteiger partial charge in [-0.2, -0.15) is 21.6 Å². The maximum atomic E-state index is 12.2. The topological polar surface area (TPSA) is 52.6 Å². The van der Waals surface area contributed by atoms with E-state index in [2.05, 4.69) is 4.18 Å². The quantitative estimate of drug-likeness (QED) is 0.613. The summed E-state index contributed by atoms with van der Waals surface area (Å²) in [7, 11) is -3.53. The number of benzene rings is 1. The number of rotatable bonds is 5. The fraction of sp³-hybridized carbons (Fsp3) is 0.400. The SMILES string of the molecule is CS(=O)(=O)OCCOc1ccc(C(F)(F)F)cc1. The number of ether oxygens (including phenoxy) is 1. The molecule has 0 aromatic heterocycles. The lowest BCUT2D eigenvalue weighted by molar-refractivity contribution is -0.137. The van der Waals surface area contributed by atoms with Crippen LogP contribution < -0.4 is 4.74 Å². The van der Waals surface area contributed by atoms with Crippen molar-refractivity contribution in [1.82, 2.24) is 0 Å². The monoisotopic (exact) mass is 284 g/mol. The molecule has 1 aromatic carbocycles. The van der Waals surface area contributed by atoms with Crippen LogP contribution in [0.1, 0.15) is 5.56 Å². The summed E-state index contributed by atoms with van der Waals surface area (Å²) >= 11 is 0. The average molecular weight is 284 g/mol. The third-order valence-electron chi connectivity index (χ3n) is 1.83. The lowest BCUT2D eigenvalue weighted by atomic mass is 10.2. The van der Waals surface area contributed by atoms with Crippen LogP contribution in [0.5, 0.6) is 5.75 Å². The zero-order valence-corrected chi connectivity index (χ0v) is 10.2. The highest BCUT2D eigenvalue weighted by molar-refractivity contribution is 7.85. The Morgan fingerprint density at radius 3 is 2.11 bits per heavy atom. The van der Waals surface area contributed by atoms with Gasteiger partial charge in [-0.3, -0.25) is 4.18 Å². The lowest BCUT2D eigenvalue weighted by Gasteiger charge is -2.09. The van der Waals surface area contributed by atoms with Crippen LogP contribution in [-0.4, -0.2) is 27.9 Å². The Labute approximate surface area is 102 Å². The van der Waals surface area contributed by atoms with Crippen LogP contribution in [-0.2, 0) is 20.5 Å². The summed E-state index contributed by atoms with van der Waals surface area (Å²) in [4.78, 5) is 0. The Hall–Kier alpha value is -1.28. The molecule has 0 unspecified atom stereocenters. The molecule has 0 atom stereocenters. The van der Waals surface area contributed by atoms with Crippen LogP contribution in [0.4, 0.5) is 13.2 Å². The largest absolute Gasteiger partial charge is 0.491 e. The van der Waals surface area contributed by atoms with E-state index < -0.39 is 21.9 Å². The molecule has 0 bridgehead atoms. The molecule has 0 heterocycles. The van der Waals surface area contributed by atoms with E-state index in [1.165, 1.54) is 0 Å². The third-order valence-corrected chi connectivity index (χ3v) is 2.43. The van der Waals surface area contributed by atoms with Gasteiger partial charge in [-0.05, 0) is 24.3 Å². The van der Waals surface area contributed by atoms with Gasteiger partial charge >= 0.3 is 6.18 Å². The first-order chi connectivity index (χ1) is 8.18. The molecule has 0 spiro atoms. The summed E-state index contributed by atoms with van der Waals surface area (Å²) in [5, 5.41) is 0. The van der Waals surface area contributed by atoms with Crippen molar-refractivity contribution in [2.75, 3.05) is 19.5 Å². The number of hydrogen-bond acceptors (Lipinski definition) is 4. The van der Waals surface area contributed by atoms with Crippen LogP contribution in [0.25, 0.3) is 0 Å². The molecule has 1 rings (SSSR count). The Morgan fingerprint density at radius 1 is 1.11 bits per heavy atom. The van der Waals surface area contributed by atoms with Crippen molar-refractivity contribution in [3.63, 3.8) is 0 Å². The third kappa shape index (κ3) is 5.37. The van der Waals surface area contributed by atoms with E-state index in [1.54, 1.807) is 0 Å². The van der Waals surface area contributed by atoms with Crippen molar-refractivity contribution in [2.45, 2.75) is 6.18 Å². The van der Waals surface area contributed by atoms with Gasteiger partial charge in [0.25, 0.3) is 10.1 Å². The lowest BCUT2D eigenvalue weighted by Crippen LogP contribution is -2.11. The molecule has 0 fully saturated rings. The first-order valence-corrected chi connectivity index (χ1v) is 6.64. The molecule has 0 amide bonds. The Bertz CT molecular complexity index is 479. The Balaban J connectivity index is 2.45. The van der Waals surface area contributed by atoms with Crippen molar-refractivity contribution in [3.05, 3.63) is 29.8 Å². The molecule has 0 saturated heterocycles. The molecule has 0 N–H and O–H groups in total. The summed E-state index contributed by atoms with van der Waals surface area (Å²) in [5.74, 6) is 0.208. The normalized spacial score (nSPS) is 12.4. The summed E-state index contributed by atoms with van der Waals surface area (Å²) in [6.45, 7) is -0.266. The minimum atomic E-state index is -4.39. The van der Waals surface area contributed by atoms with Gasteiger partial charge in [-0.25, -0.2) is 0 Å². The molecule has 0 aliphatic heterocycles. The predicted molar refractivity (Wildman–Crippen MR) is 57.7 cm³/mol. The second-order valence-electron chi connectivity index (χ2n) is 3.40. The van der Waals surface area contributed by atoms with Gasteiger partial charge in [-0.1, -0.05) is 0 Å². The summed E-state index contributed by atoms with van der Waals surface area (Å²) < 4.78 is 67.3. The minimum Gasteiger partial charge on any atom is -0.491 e. The number of halogens is 3. The van der Waals surface area contributed by atoms with Gasteiger partial charge in [0.15, 0.2) is 0 Å². The zero-order chi connectivity index (χ0) is 13.8. The molecule has 0 radical (unpaired) electrons. The van der Waals surface area contributed by atoms with Crippen LogP contribution in [0.2, 0.25) is 0 Å². The van der Waals surface area contributed by atoms with Crippen LogP contribution in [0, 0.1) is 0 Å². The van der Waals surface area contributed by atoms with E-state index >= 15 is 0 Å². The number of hydrogen-bond donors (Lipinski definition) is 0. The second kappa shape index (κ2) is 5.57. The molecule has 0 aliphatic carbocycles. The maximum Gasteiger partial charge on any atom is 0.416 e. The van der Waals surface area contributed by atoms with E-state index in [-0.39, 0.29) is 19.0 Å². The fourth-order valence-corrected chi connectivity index (χ4v) is 1.46. The van der Waals surface area contributed by atoms with Crippen molar-refractivity contribution >= 4 is 10.1 Å². The van der Waals surface area contributed by atoms with Gasteiger partial charge in [0.05, 0.1) is 11.8 Å². The highest BCUT2D eigenvalue weighted by Crippen LogP contribution is 2.30. The van der Waals surface area contributed by atoms with Crippen molar-refractivity contribution in [2.24, 2.45) is 0 Å². The van der Waals surface area contributed by atoms with Gasteiger partial charge in [-0.15, -0.1) is 0 Å². The molecule has 0 saturated carbocycles. The summed E-state index contributed by atoms with van der Waals surface area (Å²) in [6.07, 6.45) is -3.50. The molecule has 18 heavy (non-hydrogen) atoms. The van der Waals surface area contributed by atoms with Crippen molar-refractivity contribution < 1.29 is 30.5 Å². The van der Waals surface area contributed by atoms with Gasteiger partial charge < -0.3 is 4.74 Å². The van der Waals surface area contributed by atoms with Crippen LogP contribution in [0.15, 0.2) is 24.3 Å². The zero-order valence-electron chi connectivity index (χ0n) is 9.40. The molecule has 1 aromatic rings. The van der Waals surface area contributed by atoms with E-state index in [9.17, 15) is 21.6 Å². The van der Waals surface area contributed by atoms with Crippen molar-refractivity contribution in [3.8, 4) is 5.75 Å². The van der Waals surface area contributed by atoms with Crippen LogP contribution >= 0.6 is 0 Å². The van der Waals surface area contributed by atoms with Crippen molar-refractivity contribution in [1.29, 1.82) is 0 Å². The molecular formula is C10H11F3O4S. The fourth-order valence-electron chi connectivity index (χ4n) is 1.09. The van der Waals surface area contributed by atoms with E-state index in [1.807, 2.05) is 0 Å². The average Bonchev–Trinajstić information content (AvgIpc) is 2.22. The minimum absolute atomic E-state index is 0.0710. The second-order valence-corrected chi connectivity index (χ2v) is 5.04. The predicted octanol–water partition coefficient (Wildman–Crippen LogP) is 2.06. The van der Waals surface area contributed by atoms with Gasteiger partial charge in [0.2, 0.25) is 0 Å². The Morgan fingerprint density at radius 2 is 1.67 bits per heavy atom. The van der Waals surface area contributed by atoms with E-state index in [0.29, 0.717) is 0 Å². The summed E-state index contributed by atoms with van der Waals surface area (Å²) in [6, 6.07) is 4.08. The standard InChI is InChI=1S/C10H11F3O4S/c1-18(14,15)17-7-6-16-9-4-2-8(3-5-9)10(11,12)13/h2-5H,6-7H2,1H3. The molecule has 4 nitrogen and oxygen atoms in total. The highest BCUT2D eigenvalue weighted by atomic mass is 32.2. The first-order valence-electron chi connectivity index (χ1n) is 4.83.